The third-order valence-electron chi connectivity index (χ3n) is 2.49. The molecule has 0 aliphatic heterocycles. The molecule has 21 heavy (non-hydrogen) atoms. The highest BCUT2D eigenvalue weighted by molar-refractivity contribution is 7.98. The lowest BCUT2D eigenvalue weighted by atomic mass is 10.2. The molecule has 6 heteroatoms. The van der Waals surface area contributed by atoms with Crippen LogP contribution in [0.2, 0.25) is 0 Å². The van der Waals surface area contributed by atoms with Crippen molar-refractivity contribution >= 4 is 23.7 Å². The monoisotopic (exact) mass is 310 g/mol. The molecule has 1 aromatic rings. The molecule has 0 radical (unpaired) electrons. The maximum atomic E-state index is 11.9. The van der Waals surface area contributed by atoms with Gasteiger partial charge in [0.2, 0.25) is 0 Å². The molecule has 1 N–H and O–H groups in total. The lowest BCUT2D eigenvalue weighted by molar-refractivity contribution is -0.142. The Bertz CT molecular complexity index is 527. The van der Waals surface area contributed by atoms with Crippen LogP contribution in [0.5, 0.6) is 0 Å². The lowest BCUT2D eigenvalue weighted by Gasteiger charge is -2.13. The average molecular weight is 310 g/mol. The first-order valence-electron chi connectivity index (χ1n) is 6.26. The average Bonchev–Trinajstić information content (AvgIpc) is 2.49. The Morgan fingerprint density at radius 3 is 2.52 bits per heavy atom. The fraction of sp³-hybridized carbons (Fsp3) is 0.333. The van der Waals surface area contributed by atoms with Crippen LogP contribution in [0.4, 0.5) is 0 Å². The minimum absolute atomic E-state index is 0.244. The number of hydrogen-bond donors (Lipinski definition) is 1. The second-order valence-corrected chi connectivity index (χ2v) is 5.18. The van der Waals surface area contributed by atoms with Gasteiger partial charge in [-0.2, -0.15) is 0 Å². The number of carbonyl (C=O) groups is 2. The maximum Gasteiger partial charge on any atom is 0.339 e. The van der Waals surface area contributed by atoms with E-state index in [0.29, 0.717) is 5.56 Å². The molecule has 0 aliphatic carbocycles. The van der Waals surface area contributed by atoms with E-state index in [9.17, 15) is 14.7 Å². The molecule has 1 atom stereocenters. The second-order valence-electron chi connectivity index (χ2n) is 4.33. The molecule has 0 bridgehead atoms. The first-order valence-corrected chi connectivity index (χ1v) is 7.49. The summed E-state index contributed by atoms with van der Waals surface area (Å²) < 4.78 is 9.77. The van der Waals surface area contributed by atoms with Crippen molar-refractivity contribution in [1.29, 1.82) is 0 Å². The van der Waals surface area contributed by atoms with E-state index in [4.69, 9.17) is 9.47 Å². The highest BCUT2D eigenvalue weighted by Gasteiger charge is 2.15. The van der Waals surface area contributed by atoms with Gasteiger partial charge in [0, 0.05) is 10.5 Å². The predicted molar refractivity (Wildman–Crippen MR) is 80.3 cm³/mol. The zero-order valence-electron chi connectivity index (χ0n) is 12.0. The van der Waals surface area contributed by atoms with E-state index in [-0.39, 0.29) is 18.8 Å². The summed E-state index contributed by atoms with van der Waals surface area (Å²) in [6, 6.07) is 7.03. The van der Waals surface area contributed by atoms with E-state index in [1.807, 2.05) is 18.4 Å². The fourth-order valence-electron chi connectivity index (χ4n) is 1.41. The number of carbonyl (C=O) groups excluding carboxylic acids is 2. The van der Waals surface area contributed by atoms with Crippen molar-refractivity contribution in [3.05, 3.63) is 42.0 Å². The number of ether oxygens (including phenoxy) is 2. The van der Waals surface area contributed by atoms with E-state index in [2.05, 4.69) is 6.58 Å². The Morgan fingerprint density at radius 2 is 1.90 bits per heavy atom. The Kier molecular flexibility index (Phi) is 6.98. The summed E-state index contributed by atoms with van der Waals surface area (Å²) in [4.78, 5) is 23.9. The molecule has 0 spiro atoms. The summed E-state index contributed by atoms with van der Waals surface area (Å²) in [5.41, 5.74) is 0.684. The number of hydrogen-bond acceptors (Lipinski definition) is 6. The molecular weight excluding hydrogens is 292 g/mol. The number of benzene rings is 1. The number of rotatable bonds is 7. The van der Waals surface area contributed by atoms with Crippen LogP contribution in [0.3, 0.4) is 0 Å². The molecule has 5 nitrogen and oxygen atoms in total. The van der Waals surface area contributed by atoms with Gasteiger partial charge in [0.25, 0.3) is 0 Å². The van der Waals surface area contributed by atoms with E-state index >= 15 is 0 Å². The van der Waals surface area contributed by atoms with Crippen LogP contribution in [0.25, 0.3) is 0 Å². The third kappa shape index (κ3) is 5.61. The van der Waals surface area contributed by atoms with Gasteiger partial charge in [0.15, 0.2) is 0 Å². The van der Waals surface area contributed by atoms with Gasteiger partial charge in [-0.15, -0.1) is 11.8 Å². The SMILES string of the molecule is C=C(C)C(=O)OCC(O)COC(=O)c1ccccc1SC. The number of esters is 2. The van der Waals surface area contributed by atoms with Gasteiger partial charge >= 0.3 is 11.9 Å². The topological polar surface area (TPSA) is 72.8 Å². The highest BCUT2D eigenvalue weighted by atomic mass is 32.2. The molecule has 0 fully saturated rings. The van der Waals surface area contributed by atoms with Gasteiger partial charge in [0.05, 0.1) is 5.56 Å². The van der Waals surface area contributed by atoms with Crippen molar-refractivity contribution < 1.29 is 24.2 Å². The van der Waals surface area contributed by atoms with Crippen LogP contribution in [0.1, 0.15) is 17.3 Å². The standard InChI is InChI=1S/C15H18O5S/c1-10(2)14(17)19-8-11(16)9-20-15(18)12-6-4-5-7-13(12)21-3/h4-7,11,16H,1,8-9H2,2-3H3. The Hall–Kier alpha value is -1.79. The first-order chi connectivity index (χ1) is 9.95. The summed E-state index contributed by atoms with van der Waals surface area (Å²) in [5, 5.41) is 9.61. The van der Waals surface area contributed by atoms with Crippen LogP contribution in [-0.2, 0) is 14.3 Å². The summed E-state index contributed by atoms with van der Waals surface area (Å²) in [7, 11) is 0. The van der Waals surface area contributed by atoms with Gasteiger partial charge in [-0.3, -0.25) is 0 Å². The lowest BCUT2D eigenvalue weighted by Crippen LogP contribution is -2.25. The number of thioether (sulfide) groups is 1. The zero-order chi connectivity index (χ0) is 15.8. The first kappa shape index (κ1) is 17.3. The van der Waals surface area contributed by atoms with E-state index < -0.39 is 18.0 Å². The number of aliphatic hydroxyl groups excluding tert-OH is 1. The molecule has 0 saturated carbocycles. The number of aliphatic hydroxyl groups is 1. The van der Waals surface area contributed by atoms with Crippen molar-refractivity contribution in [1.82, 2.24) is 0 Å². The van der Waals surface area contributed by atoms with Crippen molar-refractivity contribution in [3.63, 3.8) is 0 Å². The minimum atomic E-state index is -1.07. The highest BCUT2D eigenvalue weighted by Crippen LogP contribution is 2.20. The van der Waals surface area contributed by atoms with Crippen molar-refractivity contribution in [2.75, 3.05) is 19.5 Å². The van der Waals surface area contributed by atoms with Crippen LogP contribution < -0.4 is 0 Å². The zero-order valence-corrected chi connectivity index (χ0v) is 12.8. The molecule has 0 amide bonds. The van der Waals surface area contributed by atoms with Crippen LogP contribution in [0, 0.1) is 0 Å². The molecule has 0 aliphatic rings. The summed E-state index contributed by atoms with van der Waals surface area (Å²) in [5.74, 6) is -1.11. The molecule has 1 rings (SSSR count). The minimum Gasteiger partial charge on any atom is -0.459 e. The normalized spacial score (nSPS) is 11.6. The van der Waals surface area contributed by atoms with Crippen LogP contribution in [0.15, 0.2) is 41.3 Å². The maximum absolute atomic E-state index is 11.9. The molecule has 0 aromatic heterocycles. The van der Waals surface area contributed by atoms with Crippen LogP contribution in [-0.4, -0.2) is 42.6 Å². The quantitative estimate of drug-likeness (QED) is 0.472. The summed E-state index contributed by atoms with van der Waals surface area (Å²) in [6.45, 7) is 4.44. The van der Waals surface area contributed by atoms with Gasteiger partial charge in [-0.25, -0.2) is 9.59 Å². The molecular formula is C15H18O5S. The molecule has 0 heterocycles. The predicted octanol–water partition coefficient (Wildman–Crippen LogP) is 2.05. The van der Waals surface area contributed by atoms with Crippen molar-refractivity contribution in [3.8, 4) is 0 Å². The Balaban J connectivity index is 2.45. The van der Waals surface area contributed by atoms with Gasteiger partial charge in [-0.05, 0) is 25.3 Å². The van der Waals surface area contributed by atoms with Gasteiger partial charge in [0.1, 0.15) is 19.3 Å². The van der Waals surface area contributed by atoms with Crippen LogP contribution >= 0.6 is 11.8 Å². The Labute approximate surface area is 127 Å². The smallest absolute Gasteiger partial charge is 0.339 e. The van der Waals surface area contributed by atoms with E-state index in [1.165, 1.54) is 18.7 Å². The summed E-state index contributed by atoms with van der Waals surface area (Å²) >= 11 is 1.43. The Morgan fingerprint density at radius 1 is 1.29 bits per heavy atom. The second kappa shape index (κ2) is 8.49. The molecule has 0 saturated heterocycles. The van der Waals surface area contributed by atoms with Gasteiger partial charge in [-0.1, -0.05) is 18.7 Å². The van der Waals surface area contributed by atoms with E-state index in [1.54, 1.807) is 12.1 Å². The largest absolute Gasteiger partial charge is 0.459 e. The molecule has 1 unspecified atom stereocenters. The van der Waals surface area contributed by atoms with Crippen molar-refractivity contribution in [2.24, 2.45) is 0 Å². The van der Waals surface area contributed by atoms with E-state index in [0.717, 1.165) is 4.90 Å². The molecule has 1 aromatic carbocycles. The molecule has 114 valence electrons. The fourth-order valence-corrected chi connectivity index (χ4v) is 1.99. The third-order valence-corrected chi connectivity index (χ3v) is 3.28. The van der Waals surface area contributed by atoms with Gasteiger partial charge < -0.3 is 14.6 Å². The van der Waals surface area contributed by atoms with Crippen molar-refractivity contribution in [2.45, 2.75) is 17.9 Å². The summed E-state index contributed by atoms with van der Waals surface area (Å²) in [6.07, 6.45) is 0.789.